The zero-order valence-corrected chi connectivity index (χ0v) is 15.7. The highest BCUT2D eigenvalue weighted by Gasteiger charge is 2.36. The van der Waals surface area contributed by atoms with Crippen molar-refractivity contribution in [1.29, 1.82) is 0 Å². The number of aliphatic hydroxyl groups is 1. The highest BCUT2D eigenvalue weighted by atomic mass is 16.5. The number of carbonyl (C=O) groups excluding carboxylic acids is 1. The van der Waals surface area contributed by atoms with E-state index in [-0.39, 0.29) is 12.5 Å². The normalized spacial score (nSPS) is 20.3. The Morgan fingerprint density at radius 2 is 2.15 bits per heavy atom. The Morgan fingerprint density at radius 1 is 1.38 bits per heavy atom. The Bertz CT molecular complexity index is 786. The van der Waals surface area contributed by atoms with Crippen molar-refractivity contribution in [3.8, 4) is 0 Å². The van der Waals surface area contributed by atoms with Crippen LogP contribution in [0.25, 0.3) is 0 Å². The third-order valence-corrected chi connectivity index (χ3v) is 4.79. The maximum Gasteiger partial charge on any atom is 0.259 e. The zero-order chi connectivity index (χ0) is 18.9. The molecule has 1 aliphatic rings. The van der Waals surface area contributed by atoms with Crippen LogP contribution in [0.2, 0.25) is 0 Å². The summed E-state index contributed by atoms with van der Waals surface area (Å²) in [6.07, 6.45) is 2.99. The van der Waals surface area contributed by atoms with E-state index >= 15 is 0 Å². The molecule has 1 N–H and O–H groups in total. The maximum absolute atomic E-state index is 12.7. The van der Waals surface area contributed by atoms with E-state index in [2.05, 4.69) is 15.1 Å². The predicted octanol–water partition coefficient (Wildman–Crippen LogP) is 1.49. The molecular weight excluding hydrogens is 334 g/mol. The SMILES string of the molecule is Cc1cc(N2CCC[C@](O)(CN(C)C(=O)c3c(C)noc3C)C2)ncn1. The third kappa shape index (κ3) is 3.70. The minimum absolute atomic E-state index is 0.190. The van der Waals surface area contributed by atoms with E-state index in [1.165, 1.54) is 6.33 Å². The van der Waals surface area contributed by atoms with Gasteiger partial charge in [-0.2, -0.15) is 0 Å². The minimum atomic E-state index is -1.000. The molecule has 0 radical (unpaired) electrons. The summed E-state index contributed by atoms with van der Waals surface area (Å²) in [7, 11) is 1.69. The largest absolute Gasteiger partial charge is 0.386 e. The second-order valence-corrected chi connectivity index (χ2v) is 7.13. The molecule has 0 spiro atoms. The van der Waals surface area contributed by atoms with Gasteiger partial charge >= 0.3 is 0 Å². The monoisotopic (exact) mass is 359 g/mol. The smallest absolute Gasteiger partial charge is 0.259 e. The first kappa shape index (κ1) is 18.3. The Kier molecular flexibility index (Phi) is 4.95. The number of likely N-dealkylation sites (N-methyl/N-ethyl adjacent to an activating group) is 1. The van der Waals surface area contributed by atoms with Crippen molar-refractivity contribution in [3.63, 3.8) is 0 Å². The number of hydrogen-bond donors (Lipinski definition) is 1. The molecule has 140 valence electrons. The average Bonchev–Trinajstić information content (AvgIpc) is 2.92. The van der Waals surface area contributed by atoms with Gasteiger partial charge in [-0.25, -0.2) is 9.97 Å². The highest BCUT2D eigenvalue weighted by molar-refractivity contribution is 5.96. The lowest BCUT2D eigenvalue weighted by Gasteiger charge is -2.41. The van der Waals surface area contributed by atoms with E-state index in [0.29, 0.717) is 30.0 Å². The van der Waals surface area contributed by atoms with Crippen LogP contribution < -0.4 is 4.90 Å². The number of rotatable bonds is 4. The average molecular weight is 359 g/mol. The fourth-order valence-electron chi connectivity index (χ4n) is 3.54. The van der Waals surface area contributed by atoms with Crippen LogP contribution in [-0.2, 0) is 0 Å². The summed E-state index contributed by atoms with van der Waals surface area (Å²) in [6, 6.07) is 1.91. The first-order chi connectivity index (χ1) is 12.3. The quantitative estimate of drug-likeness (QED) is 0.883. The van der Waals surface area contributed by atoms with E-state index in [4.69, 9.17) is 4.52 Å². The van der Waals surface area contributed by atoms with Gasteiger partial charge in [0.1, 0.15) is 23.5 Å². The van der Waals surface area contributed by atoms with Gasteiger partial charge in [-0.1, -0.05) is 5.16 Å². The highest BCUT2D eigenvalue weighted by Crippen LogP contribution is 2.26. The van der Waals surface area contributed by atoms with Gasteiger partial charge in [-0.15, -0.1) is 0 Å². The van der Waals surface area contributed by atoms with E-state index in [1.54, 1.807) is 25.8 Å². The number of hydrogen-bond acceptors (Lipinski definition) is 7. The molecule has 8 heteroatoms. The van der Waals surface area contributed by atoms with Gasteiger partial charge in [-0.05, 0) is 33.6 Å². The van der Waals surface area contributed by atoms with Crippen molar-refractivity contribution < 1.29 is 14.4 Å². The Balaban J connectivity index is 1.72. The zero-order valence-electron chi connectivity index (χ0n) is 15.7. The summed E-state index contributed by atoms with van der Waals surface area (Å²) >= 11 is 0. The van der Waals surface area contributed by atoms with Gasteiger partial charge in [0.25, 0.3) is 5.91 Å². The molecule has 0 bridgehead atoms. The molecule has 3 rings (SSSR count). The summed E-state index contributed by atoms with van der Waals surface area (Å²) < 4.78 is 5.09. The molecule has 1 atom stereocenters. The first-order valence-corrected chi connectivity index (χ1v) is 8.73. The van der Waals surface area contributed by atoms with E-state index in [9.17, 15) is 9.90 Å². The van der Waals surface area contributed by atoms with Gasteiger partial charge < -0.3 is 19.4 Å². The lowest BCUT2D eigenvalue weighted by molar-refractivity contribution is -0.000210. The molecule has 2 aromatic heterocycles. The van der Waals surface area contributed by atoms with Crippen LogP contribution in [0.1, 0.15) is 40.3 Å². The van der Waals surface area contributed by atoms with Crippen LogP contribution in [0, 0.1) is 20.8 Å². The van der Waals surface area contributed by atoms with Gasteiger partial charge in [-0.3, -0.25) is 4.79 Å². The third-order valence-electron chi connectivity index (χ3n) is 4.79. The number of nitrogens with zero attached hydrogens (tertiary/aromatic N) is 5. The Hall–Kier alpha value is -2.48. The van der Waals surface area contributed by atoms with E-state index < -0.39 is 5.60 Å². The molecule has 1 aliphatic heterocycles. The first-order valence-electron chi connectivity index (χ1n) is 8.73. The molecular formula is C18H25N5O3. The number of amides is 1. The summed E-state index contributed by atoms with van der Waals surface area (Å²) in [4.78, 5) is 24.8. The van der Waals surface area contributed by atoms with Gasteiger partial charge in [0.15, 0.2) is 0 Å². The summed E-state index contributed by atoms with van der Waals surface area (Å²) in [5, 5.41) is 14.9. The number of β-amino-alcohol motifs (C(OH)–C–C–N with tert-alkyl or cyclic N) is 1. The predicted molar refractivity (Wildman–Crippen MR) is 96.1 cm³/mol. The number of aromatic nitrogens is 3. The molecule has 8 nitrogen and oxygen atoms in total. The summed E-state index contributed by atoms with van der Waals surface area (Å²) in [5.74, 6) is 1.10. The van der Waals surface area contributed by atoms with Crippen molar-refractivity contribution in [2.45, 2.75) is 39.2 Å². The van der Waals surface area contributed by atoms with Crippen LogP contribution in [0.15, 0.2) is 16.9 Å². The fourth-order valence-corrected chi connectivity index (χ4v) is 3.54. The topological polar surface area (TPSA) is 95.6 Å². The number of piperidine rings is 1. The molecule has 26 heavy (non-hydrogen) atoms. The summed E-state index contributed by atoms with van der Waals surface area (Å²) in [6.45, 7) is 6.85. The van der Waals surface area contributed by atoms with Crippen molar-refractivity contribution in [2.75, 3.05) is 31.6 Å². The second-order valence-electron chi connectivity index (χ2n) is 7.13. The van der Waals surface area contributed by atoms with Gasteiger partial charge in [0.2, 0.25) is 0 Å². The van der Waals surface area contributed by atoms with Crippen LogP contribution >= 0.6 is 0 Å². The van der Waals surface area contributed by atoms with Crippen LogP contribution in [0.5, 0.6) is 0 Å². The number of aryl methyl sites for hydroxylation is 3. The van der Waals surface area contributed by atoms with Crippen molar-refractivity contribution in [2.24, 2.45) is 0 Å². The molecule has 2 aromatic rings. The lowest BCUT2D eigenvalue weighted by Crippen LogP contribution is -2.55. The van der Waals surface area contributed by atoms with Crippen molar-refractivity contribution in [1.82, 2.24) is 20.0 Å². The lowest BCUT2D eigenvalue weighted by atomic mass is 9.92. The standard InChI is InChI=1S/C18H25N5O3/c1-12-8-15(20-11-19-12)23-7-5-6-18(25,10-23)9-22(4)17(24)16-13(2)21-26-14(16)3/h8,11,25H,5-7,9-10H2,1-4H3/t18-/m0/s1. The van der Waals surface area contributed by atoms with Gasteiger partial charge in [0, 0.05) is 31.9 Å². The number of anilines is 1. The Morgan fingerprint density at radius 3 is 2.81 bits per heavy atom. The molecule has 1 fully saturated rings. The molecule has 0 aliphatic carbocycles. The molecule has 1 amide bonds. The second kappa shape index (κ2) is 7.03. The van der Waals surface area contributed by atoms with Crippen LogP contribution in [-0.4, -0.2) is 63.3 Å². The Labute approximate surface area is 152 Å². The molecule has 1 saturated heterocycles. The van der Waals surface area contributed by atoms with Gasteiger partial charge in [0.05, 0.1) is 17.8 Å². The fraction of sp³-hybridized carbons (Fsp3) is 0.556. The number of carbonyl (C=O) groups is 1. The molecule has 3 heterocycles. The maximum atomic E-state index is 12.7. The minimum Gasteiger partial charge on any atom is -0.386 e. The van der Waals surface area contributed by atoms with Crippen molar-refractivity contribution in [3.05, 3.63) is 35.1 Å². The molecule has 0 aromatic carbocycles. The van der Waals surface area contributed by atoms with Crippen LogP contribution in [0.3, 0.4) is 0 Å². The van der Waals surface area contributed by atoms with Crippen molar-refractivity contribution >= 4 is 11.7 Å². The summed E-state index contributed by atoms with van der Waals surface area (Å²) in [5.41, 5.74) is 0.915. The molecule has 0 unspecified atom stereocenters. The van der Waals surface area contributed by atoms with E-state index in [1.807, 2.05) is 17.9 Å². The van der Waals surface area contributed by atoms with E-state index in [0.717, 1.165) is 24.5 Å². The molecule has 0 saturated carbocycles. The van der Waals surface area contributed by atoms with Crippen LogP contribution in [0.4, 0.5) is 5.82 Å².